The maximum absolute atomic E-state index is 13.4. The van der Waals surface area contributed by atoms with Gasteiger partial charge in [0.25, 0.3) is 0 Å². The van der Waals surface area contributed by atoms with E-state index in [1.54, 1.807) is 24.2 Å². The summed E-state index contributed by atoms with van der Waals surface area (Å²) < 4.78 is 20.8. The van der Waals surface area contributed by atoms with E-state index in [1.165, 1.54) is 12.1 Å². The Labute approximate surface area is 195 Å². The molecule has 168 valence electrons. The lowest BCUT2D eigenvalue weighted by Gasteiger charge is -2.16. The SMILES string of the molecule is CNc1nc(Nc2ccc(-n3cnc(Cl)c3)c(OC)c2)nc2c1CC[C@@H]2c1ccc(F)cc1. The highest BCUT2D eigenvalue weighted by atomic mass is 35.5. The highest BCUT2D eigenvalue weighted by Gasteiger charge is 2.29. The van der Waals surface area contributed by atoms with Gasteiger partial charge in [-0.3, -0.25) is 0 Å². The summed E-state index contributed by atoms with van der Waals surface area (Å²) in [7, 11) is 3.46. The van der Waals surface area contributed by atoms with Crippen LogP contribution in [0.5, 0.6) is 5.75 Å². The van der Waals surface area contributed by atoms with Crippen molar-refractivity contribution in [2.24, 2.45) is 0 Å². The van der Waals surface area contributed by atoms with Gasteiger partial charge in [-0.25, -0.2) is 14.4 Å². The zero-order chi connectivity index (χ0) is 22.9. The maximum Gasteiger partial charge on any atom is 0.229 e. The van der Waals surface area contributed by atoms with Gasteiger partial charge in [0, 0.05) is 36.5 Å². The molecule has 0 saturated carbocycles. The number of halogens is 2. The molecule has 0 radical (unpaired) electrons. The lowest BCUT2D eigenvalue weighted by Crippen LogP contribution is -2.08. The maximum atomic E-state index is 13.4. The Kier molecular flexibility index (Phi) is 5.60. The number of anilines is 3. The Morgan fingerprint density at radius 3 is 2.67 bits per heavy atom. The van der Waals surface area contributed by atoms with E-state index in [0.29, 0.717) is 16.9 Å². The predicted octanol–water partition coefficient (Wildman–Crippen LogP) is 5.33. The van der Waals surface area contributed by atoms with Gasteiger partial charge in [0.15, 0.2) is 0 Å². The van der Waals surface area contributed by atoms with Crippen molar-refractivity contribution in [3.8, 4) is 11.4 Å². The normalized spacial score (nSPS) is 14.7. The minimum atomic E-state index is -0.242. The summed E-state index contributed by atoms with van der Waals surface area (Å²) in [4.78, 5) is 13.6. The van der Waals surface area contributed by atoms with Gasteiger partial charge >= 0.3 is 0 Å². The molecule has 0 saturated heterocycles. The third kappa shape index (κ3) is 4.09. The molecule has 7 nitrogen and oxygen atoms in total. The van der Waals surface area contributed by atoms with Gasteiger partial charge in [-0.15, -0.1) is 0 Å². The first-order valence-corrected chi connectivity index (χ1v) is 10.9. The van der Waals surface area contributed by atoms with E-state index in [4.69, 9.17) is 21.3 Å². The van der Waals surface area contributed by atoms with Crippen molar-refractivity contribution in [2.75, 3.05) is 24.8 Å². The molecule has 5 rings (SSSR count). The van der Waals surface area contributed by atoms with Gasteiger partial charge in [-0.05, 0) is 42.7 Å². The monoisotopic (exact) mass is 464 g/mol. The van der Waals surface area contributed by atoms with Crippen LogP contribution in [0.15, 0.2) is 55.0 Å². The molecule has 0 spiro atoms. The third-order valence-corrected chi connectivity index (χ3v) is 6.02. The largest absolute Gasteiger partial charge is 0.494 e. The molecule has 0 aliphatic heterocycles. The lowest BCUT2D eigenvalue weighted by atomic mass is 9.97. The average molecular weight is 465 g/mol. The Morgan fingerprint density at radius 2 is 1.97 bits per heavy atom. The molecule has 1 atom stereocenters. The second kappa shape index (κ2) is 8.71. The van der Waals surface area contributed by atoms with Crippen LogP contribution in [0.2, 0.25) is 5.15 Å². The second-order valence-corrected chi connectivity index (χ2v) is 8.15. The number of methoxy groups -OCH3 is 1. The highest BCUT2D eigenvalue weighted by Crippen LogP contribution is 2.40. The Morgan fingerprint density at radius 1 is 1.15 bits per heavy atom. The summed E-state index contributed by atoms with van der Waals surface area (Å²) in [6, 6.07) is 12.3. The molecule has 2 aromatic heterocycles. The van der Waals surface area contributed by atoms with Gasteiger partial charge in [0.05, 0.1) is 18.5 Å². The number of hydrogen-bond acceptors (Lipinski definition) is 6. The van der Waals surface area contributed by atoms with Gasteiger partial charge in [-0.1, -0.05) is 23.7 Å². The van der Waals surface area contributed by atoms with Crippen molar-refractivity contribution in [1.82, 2.24) is 19.5 Å². The van der Waals surface area contributed by atoms with Crippen molar-refractivity contribution in [1.29, 1.82) is 0 Å². The van der Waals surface area contributed by atoms with Gasteiger partial charge in [0.1, 0.15) is 28.9 Å². The van der Waals surface area contributed by atoms with E-state index in [-0.39, 0.29) is 11.7 Å². The van der Waals surface area contributed by atoms with Crippen LogP contribution in [0.1, 0.15) is 29.2 Å². The van der Waals surface area contributed by atoms with Crippen LogP contribution in [0.25, 0.3) is 5.69 Å². The summed E-state index contributed by atoms with van der Waals surface area (Å²) in [6.45, 7) is 0. The predicted molar refractivity (Wildman–Crippen MR) is 127 cm³/mol. The van der Waals surface area contributed by atoms with Crippen LogP contribution >= 0.6 is 11.6 Å². The Bertz CT molecular complexity index is 1310. The van der Waals surface area contributed by atoms with Crippen LogP contribution in [0.4, 0.5) is 21.8 Å². The molecule has 4 aromatic rings. The molecule has 0 fully saturated rings. The smallest absolute Gasteiger partial charge is 0.229 e. The fourth-order valence-electron chi connectivity index (χ4n) is 4.27. The number of nitrogens with zero attached hydrogens (tertiary/aromatic N) is 4. The number of benzene rings is 2. The first kappa shape index (κ1) is 21.2. The van der Waals surface area contributed by atoms with Crippen molar-refractivity contribution in [2.45, 2.75) is 18.8 Å². The first-order chi connectivity index (χ1) is 16.1. The van der Waals surface area contributed by atoms with Crippen molar-refractivity contribution in [3.63, 3.8) is 0 Å². The van der Waals surface area contributed by atoms with Gasteiger partial charge in [0.2, 0.25) is 5.95 Å². The number of aromatic nitrogens is 4. The fraction of sp³-hybridized carbons (Fsp3) is 0.208. The number of imidazole rings is 1. The number of ether oxygens (including phenoxy) is 1. The second-order valence-electron chi connectivity index (χ2n) is 7.77. The van der Waals surface area contributed by atoms with E-state index in [9.17, 15) is 4.39 Å². The first-order valence-electron chi connectivity index (χ1n) is 10.5. The summed E-state index contributed by atoms with van der Waals surface area (Å²) in [5.41, 5.74) is 4.69. The van der Waals surface area contributed by atoms with Gasteiger partial charge < -0.3 is 19.9 Å². The molecule has 33 heavy (non-hydrogen) atoms. The molecule has 2 heterocycles. The Balaban J connectivity index is 1.48. The van der Waals surface area contributed by atoms with Crippen LogP contribution in [-0.4, -0.2) is 33.7 Å². The van der Waals surface area contributed by atoms with Crippen LogP contribution in [0.3, 0.4) is 0 Å². The van der Waals surface area contributed by atoms with Crippen molar-refractivity contribution < 1.29 is 9.13 Å². The summed E-state index contributed by atoms with van der Waals surface area (Å²) >= 11 is 5.96. The summed E-state index contributed by atoms with van der Waals surface area (Å²) in [6.07, 6.45) is 5.12. The lowest BCUT2D eigenvalue weighted by molar-refractivity contribution is 0.413. The van der Waals surface area contributed by atoms with Gasteiger partial charge in [-0.2, -0.15) is 4.98 Å². The number of rotatable bonds is 6. The molecule has 1 aliphatic rings. The standard InChI is InChI=1S/C24H22ClFN6O/c1-27-23-18-9-8-17(14-3-5-15(26)6-4-14)22(18)30-24(31-23)29-16-7-10-19(20(11-16)33-2)32-12-21(25)28-13-32/h3-7,10-13,17H,8-9H2,1-2H3,(H2,27,29,30,31)/t17-/m1/s1. The molecule has 0 bridgehead atoms. The average Bonchev–Trinajstić information content (AvgIpc) is 3.45. The van der Waals surface area contributed by atoms with Crippen molar-refractivity contribution in [3.05, 3.63) is 82.8 Å². The third-order valence-electron chi connectivity index (χ3n) is 5.83. The molecule has 9 heteroatoms. The molecular formula is C24H22ClFN6O. The fourth-order valence-corrected chi connectivity index (χ4v) is 4.42. The van der Waals surface area contributed by atoms with E-state index in [0.717, 1.165) is 46.9 Å². The zero-order valence-corrected chi connectivity index (χ0v) is 18.9. The topological polar surface area (TPSA) is 76.9 Å². The molecule has 2 aromatic carbocycles. The number of nitrogens with one attached hydrogen (secondary N) is 2. The molecule has 0 amide bonds. The van der Waals surface area contributed by atoms with E-state index < -0.39 is 0 Å². The molecule has 2 N–H and O–H groups in total. The molecular weight excluding hydrogens is 443 g/mol. The van der Waals surface area contributed by atoms with E-state index >= 15 is 0 Å². The minimum Gasteiger partial charge on any atom is -0.494 e. The minimum absolute atomic E-state index is 0.0964. The van der Waals surface area contributed by atoms with E-state index in [1.807, 2.05) is 37.4 Å². The van der Waals surface area contributed by atoms with Crippen LogP contribution < -0.4 is 15.4 Å². The number of hydrogen-bond donors (Lipinski definition) is 2. The zero-order valence-electron chi connectivity index (χ0n) is 18.1. The van der Waals surface area contributed by atoms with Crippen LogP contribution in [0, 0.1) is 5.82 Å². The van der Waals surface area contributed by atoms with E-state index in [2.05, 4.69) is 20.6 Å². The summed E-state index contributed by atoms with van der Waals surface area (Å²) in [5, 5.41) is 6.89. The quantitative estimate of drug-likeness (QED) is 0.402. The Hall–Kier alpha value is -3.65. The summed E-state index contributed by atoms with van der Waals surface area (Å²) in [5.74, 6) is 1.78. The van der Waals surface area contributed by atoms with Crippen LogP contribution in [-0.2, 0) is 6.42 Å². The molecule has 0 unspecified atom stereocenters. The molecule has 1 aliphatic carbocycles. The highest BCUT2D eigenvalue weighted by molar-refractivity contribution is 6.29. The van der Waals surface area contributed by atoms with Crippen molar-refractivity contribution >= 4 is 29.1 Å². The number of fused-ring (bicyclic) bond motifs is 1.